The van der Waals surface area contributed by atoms with Crippen LogP contribution in [0.3, 0.4) is 0 Å². The van der Waals surface area contributed by atoms with Gasteiger partial charge in [0.1, 0.15) is 0 Å². The van der Waals surface area contributed by atoms with E-state index in [4.69, 9.17) is 21.3 Å². The summed E-state index contributed by atoms with van der Waals surface area (Å²) in [6, 6.07) is 13.4. The summed E-state index contributed by atoms with van der Waals surface area (Å²) in [5, 5.41) is 1.19. The zero-order chi connectivity index (χ0) is 20.2. The molecule has 1 aromatic heterocycles. The molecule has 8 heteroatoms. The number of halogens is 2. The summed E-state index contributed by atoms with van der Waals surface area (Å²) >= 11 is 7.87. The molecule has 160 valence electrons. The van der Waals surface area contributed by atoms with Crippen molar-refractivity contribution in [3.63, 3.8) is 0 Å². The lowest BCUT2D eigenvalue weighted by Gasteiger charge is -2.27. The van der Waals surface area contributed by atoms with Gasteiger partial charge in [-0.05, 0) is 43.2 Å². The Balaban J connectivity index is 0.00000256. The van der Waals surface area contributed by atoms with Crippen molar-refractivity contribution in [3.8, 4) is 0 Å². The molecule has 0 aliphatic carbocycles. The Morgan fingerprint density at radius 1 is 1.23 bits per heavy atom. The van der Waals surface area contributed by atoms with E-state index in [-0.39, 0.29) is 18.3 Å². The van der Waals surface area contributed by atoms with Crippen LogP contribution in [0.5, 0.6) is 0 Å². The monoisotopic (exact) mass is 465 g/mol. The smallest absolute Gasteiger partial charge is 0.261 e. The third-order valence-electron chi connectivity index (χ3n) is 5.07. The number of carbonyl (C=O) groups is 1. The van der Waals surface area contributed by atoms with E-state index in [9.17, 15) is 4.79 Å². The van der Waals surface area contributed by atoms with Gasteiger partial charge in [-0.25, -0.2) is 4.98 Å². The molecule has 1 fully saturated rings. The second-order valence-electron chi connectivity index (χ2n) is 7.21. The fourth-order valence-corrected chi connectivity index (χ4v) is 4.78. The van der Waals surface area contributed by atoms with Crippen molar-refractivity contribution in [1.82, 2.24) is 9.88 Å². The second-order valence-corrected chi connectivity index (χ2v) is 8.63. The molecule has 3 aromatic rings. The third kappa shape index (κ3) is 5.31. The fourth-order valence-electron chi connectivity index (χ4n) is 3.48. The van der Waals surface area contributed by atoms with Crippen LogP contribution in [-0.2, 0) is 4.74 Å². The Kier molecular flexibility index (Phi) is 8.08. The van der Waals surface area contributed by atoms with Gasteiger partial charge in [0.2, 0.25) is 0 Å². The molecule has 0 atom stereocenters. The molecule has 1 saturated heterocycles. The first kappa shape index (κ1) is 23.0. The Labute approximate surface area is 192 Å². The van der Waals surface area contributed by atoms with Gasteiger partial charge in [-0.2, -0.15) is 0 Å². The van der Waals surface area contributed by atoms with Gasteiger partial charge in [-0.1, -0.05) is 41.1 Å². The fraction of sp³-hybridized carbons (Fsp3) is 0.364. The van der Waals surface area contributed by atoms with E-state index in [0.717, 1.165) is 54.6 Å². The number of fused-ring (bicyclic) bond motifs is 1. The maximum absolute atomic E-state index is 13.4. The minimum absolute atomic E-state index is 0. The molecule has 1 aliphatic rings. The van der Waals surface area contributed by atoms with Gasteiger partial charge < -0.3 is 4.74 Å². The average Bonchev–Trinajstić information content (AvgIpc) is 3.14. The van der Waals surface area contributed by atoms with Crippen LogP contribution in [0.2, 0.25) is 5.02 Å². The number of thiazole rings is 1. The largest absolute Gasteiger partial charge is 0.379 e. The van der Waals surface area contributed by atoms with Gasteiger partial charge in [0.05, 0.1) is 34.0 Å². The van der Waals surface area contributed by atoms with Crippen molar-refractivity contribution >= 4 is 56.6 Å². The van der Waals surface area contributed by atoms with Gasteiger partial charge in [0.25, 0.3) is 5.91 Å². The Bertz CT molecular complexity index is 1000. The van der Waals surface area contributed by atoms with E-state index in [1.165, 1.54) is 5.56 Å². The number of ether oxygens (including phenoxy) is 1. The van der Waals surface area contributed by atoms with Crippen LogP contribution in [-0.4, -0.2) is 55.2 Å². The topological polar surface area (TPSA) is 45.7 Å². The van der Waals surface area contributed by atoms with Crippen molar-refractivity contribution < 1.29 is 9.53 Å². The number of aryl methyl sites for hydroxylation is 1. The average molecular weight is 466 g/mol. The Morgan fingerprint density at radius 2 is 2.00 bits per heavy atom. The lowest BCUT2D eigenvalue weighted by molar-refractivity contribution is 0.0376. The molecular formula is C22H25Cl2N3O2S. The minimum Gasteiger partial charge on any atom is -0.379 e. The summed E-state index contributed by atoms with van der Waals surface area (Å²) < 4.78 is 6.51. The number of carbonyl (C=O) groups excluding carboxylic acids is 1. The lowest BCUT2D eigenvalue weighted by Crippen LogP contribution is -2.39. The van der Waals surface area contributed by atoms with E-state index in [2.05, 4.69) is 17.9 Å². The van der Waals surface area contributed by atoms with Crippen LogP contribution in [0.15, 0.2) is 42.5 Å². The molecule has 2 aromatic carbocycles. The highest BCUT2D eigenvalue weighted by Crippen LogP contribution is 2.31. The number of morpholine rings is 1. The Morgan fingerprint density at radius 3 is 2.77 bits per heavy atom. The number of amides is 1. The molecule has 30 heavy (non-hydrogen) atoms. The molecule has 1 aliphatic heterocycles. The van der Waals surface area contributed by atoms with Crippen molar-refractivity contribution in [2.24, 2.45) is 0 Å². The van der Waals surface area contributed by atoms with Crippen LogP contribution < -0.4 is 4.90 Å². The van der Waals surface area contributed by atoms with Crippen LogP contribution >= 0.6 is 35.3 Å². The molecule has 0 spiro atoms. The van der Waals surface area contributed by atoms with E-state index in [0.29, 0.717) is 17.1 Å². The SMILES string of the molecule is Cc1ccc2nc(N(CCCN3CCOCC3)C(=O)c3ccccc3Cl)sc2c1.Cl. The number of nitrogens with zero attached hydrogens (tertiary/aromatic N) is 3. The molecule has 2 heterocycles. The van der Waals surface area contributed by atoms with Gasteiger partial charge in [-0.15, -0.1) is 12.4 Å². The molecule has 1 amide bonds. The quantitative estimate of drug-likeness (QED) is 0.510. The van der Waals surface area contributed by atoms with Gasteiger partial charge in [0, 0.05) is 26.2 Å². The van der Waals surface area contributed by atoms with E-state index < -0.39 is 0 Å². The highest BCUT2D eigenvalue weighted by molar-refractivity contribution is 7.22. The maximum atomic E-state index is 13.4. The third-order valence-corrected chi connectivity index (χ3v) is 6.44. The normalized spacial score (nSPS) is 14.5. The van der Waals surface area contributed by atoms with Gasteiger partial charge >= 0.3 is 0 Å². The Hall–Kier alpha value is -1.70. The first-order chi connectivity index (χ1) is 14.1. The number of hydrogen-bond donors (Lipinski definition) is 0. The minimum atomic E-state index is -0.103. The van der Waals surface area contributed by atoms with E-state index in [1.54, 1.807) is 28.4 Å². The molecule has 5 nitrogen and oxygen atoms in total. The van der Waals surface area contributed by atoms with Crippen LogP contribution in [0.25, 0.3) is 10.2 Å². The first-order valence-electron chi connectivity index (χ1n) is 9.85. The van der Waals surface area contributed by atoms with Crippen molar-refractivity contribution in [3.05, 3.63) is 58.6 Å². The summed E-state index contributed by atoms with van der Waals surface area (Å²) in [6.45, 7) is 7.03. The molecule has 0 unspecified atom stereocenters. The predicted molar refractivity (Wildman–Crippen MR) is 127 cm³/mol. The summed E-state index contributed by atoms with van der Waals surface area (Å²) in [5.74, 6) is -0.103. The van der Waals surface area contributed by atoms with Crippen molar-refractivity contribution in [2.45, 2.75) is 13.3 Å². The molecule has 0 radical (unpaired) electrons. The summed E-state index contributed by atoms with van der Waals surface area (Å²) in [5.41, 5.74) is 2.61. The summed E-state index contributed by atoms with van der Waals surface area (Å²) in [7, 11) is 0. The molecular weight excluding hydrogens is 441 g/mol. The van der Waals surface area contributed by atoms with Crippen molar-refractivity contribution in [1.29, 1.82) is 0 Å². The highest BCUT2D eigenvalue weighted by atomic mass is 35.5. The molecule has 0 saturated carbocycles. The molecule has 0 N–H and O–H groups in total. The van der Waals surface area contributed by atoms with Gasteiger partial charge in [-0.3, -0.25) is 14.6 Å². The summed E-state index contributed by atoms with van der Waals surface area (Å²) in [4.78, 5) is 22.3. The number of anilines is 1. The predicted octanol–water partition coefficient (Wildman–Crippen LogP) is 5.05. The zero-order valence-electron chi connectivity index (χ0n) is 16.8. The first-order valence-corrected chi connectivity index (χ1v) is 11.0. The maximum Gasteiger partial charge on any atom is 0.261 e. The second kappa shape index (κ2) is 10.6. The van der Waals surface area contributed by atoms with Crippen LogP contribution in [0.4, 0.5) is 5.13 Å². The zero-order valence-corrected chi connectivity index (χ0v) is 19.2. The lowest BCUT2D eigenvalue weighted by atomic mass is 10.2. The van der Waals surface area contributed by atoms with Crippen LogP contribution in [0.1, 0.15) is 22.3 Å². The van der Waals surface area contributed by atoms with Crippen LogP contribution in [0, 0.1) is 6.92 Å². The number of rotatable bonds is 6. The van der Waals surface area contributed by atoms with E-state index in [1.807, 2.05) is 24.3 Å². The van der Waals surface area contributed by atoms with Gasteiger partial charge in [0.15, 0.2) is 5.13 Å². The molecule has 4 rings (SSSR count). The standard InChI is InChI=1S/C22H24ClN3O2S.ClH/c1-16-7-8-19-20(15-16)29-22(24-19)26(10-4-9-25-11-13-28-14-12-25)21(27)17-5-2-3-6-18(17)23;/h2-3,5-8,15H,4,9-14H2,1H3;1H. The summed E-state index contributed by atoms with van der Waals surface area (Å²) in [6.07, 6.45) is 0.866. The van der Waals surface area contributed by atoms with Crippen molar-refractivity contribution in [2.75, 3.05) is 44.3 Å². The highest BCUT2D eigenvalue weighted by Gasteiger charge is 2.23. The molecule has 0 bridgehead atoms. The van der Waals surface area contributed by atoms with E-state index >= 15 is 0 Å². The number of benzene rings is 2. The number of aromatic nitrogens is 1. The number of hydrogen-bond acceptors (Lipinski definition) is 5.